The van der Waals surface area contributed by atoms with E-state index in [4.69, 9.17) is 11.6 Å². The van der Waals surface area contributed by atoms with E-state index in [1.165, 1.54) is 16.7 Å². The molecule has 0 saturated carbocycles. The molecule has 0 aromatic heterocycles. The highest BCUT2D eigenvalue weighted by atomic mass is 35.5. The van der Waals surface area contributed by atoms with Gasteiger partial charge in [0.05, 0.1) is 0 Å². The molecule has 0 fully saturated rings. The van der Waals surface area contributed by atoms with E-state index in [2.05, 4.69) is 32.0 Å². The summed E-state index contributed by atoms with van der Waals surface area (Å²) in [5.41, 5.74) is 3.88. The van der Waals surface area contributed by atoms with Gasteiger partial charge in [-0.1, -0.05) is 30.4 Å². The van der Waals surface area contributed by atoms with E-state index in [1.807, 2.05) is 12.2 Å². The average molecular weight is 181 g/mol. The number of hydrogen-bond acceptors (Lipinski definition) is 0. The minimum absolute atomic E-state index is 0.576. The summed E-state index contributed by atoms with van der Waals surface area (Å²) in [6, 6.07) is 6.40. The summed E-state index contributed by atoms with van der Waals surface area (Å²) in [6.45, 7) is 4.23. The van der Waals surface area contributed by atoms with Gasteiger partial charge in [0.25, 0.3) is 0 Å². The third-order valence-electron chi connectivity index (χ3n) is 1.93. The minimum atomic E-state index is 0.576. The molecule has 0 heterocycles. The van der Waals surface area contributed by atoms with Gasteiger partial charge < -0.3 is 0 Å². The van der Waals surface area contributed by atoms with Gasteiger partial charge in [-0.25, -0.2) is 0 Å². The second-order valence-electron chi connectivity index (χ2n) is 2.90. The van der Waals surface area contributed by atoms with Crippen molar-refractivity contribution < 1.29 is 0 Å². The Morgan fingerprint density at radius 1 is 1.25 bits per heavy atom. The summed E-state index contributed by atoms with van der Waals surface area (Å²) in [5, 5.41) is 0. The third-order valence-corrected chi connectivity index (χ3v) is 2.11. The topological polar surface area (TPSA) is 0 Å². The Morgan fingerprint density at radius 2 is 2.00 bits per heavy atom. The summed E-state index contributed by atoms with van der Waals surface area (Å²) in [5.74, 6) is 0.576. The van der Waals surface area contributed by atoms with Gasteiger partial charge in [-0.2, -0.15) is 0 Å². The van der Waals surface area contributed by atoms with Crippen molar-refractivity contribution in [1.29, 1.82) is 0 Å². The minimum Gasteiger partial charge on any atom is -0.122 e. The maximum Gasteiger partial charge on any atom is 0.0407 e. The van der Waals surface area contributed by atoms with Gasteiger partial charge in [-0.15, -0.1) is 11.6 Å². The van der Waals surface area contributed by atoms with Crippen LogP contribution in [0.3, 0.4) is 0 Å². The maximum absolute atomic E-state index is 5.54. The first-order chi connectivity index (χ1) is 5.74. The molecular formula is C11H13Cl. The van der Waals surface area contributed by atoms with Crippen LogP contribution < -0.4 is 0 Å². The standard InChI is InChI=1S/C11H13Cl/c1-9-5-6-11(4-3-7-12)8-10(9)2/h3-6,8H,7H2,1-2H3. The van der Waals surface area contributed by atoms with Gasteiger partial charge in [-0.3, -0.25) is 0 Å². The van der Waals surface area contributed by atoms with E-state index < -0.39 is 0 Å². The van der Waals surface area contributed by atoms with Crippen LogP contribution in [-0.2, 0) is 0 Å². The lowest BCUT2D eigenvalue weighted by molar-refractivity contribution is 1.33. The first-order valence-electron chi connectivity index (χ1n) is 4.04. The van der Waals surface area contributed by atoms with Crippen molar-refractivity contribution in [1.82, 2.24) is 0 Å². The van der Waals surface area contributed by atoms with Crippen molar-refractivity contribution in [2.75, 3.05) is 5.88 Å². The first-order valence-corrected chi connectivity index (χ1v) is 4.57. The predicted octanol–water partition coefficient (Wildman–Crippen LogP) is 3.56. The molecule has 1 aromatic carbocycles. The zero-order valence-corrected chi connectivity index (χ0v) is 8.23. The van der Waals surface area contributed by atoms with E-state index >= 15 is 0 Å². The van der Waals surface area contributed by atoms with Crippen LogP contribution in [0.25, 0.3) is 6.08 Å². The summed E-state index contributed by atoms with van der Waals surface area (Å²) < 4.78 is 0. The van der Waals surface area contributed by atoms with Crippen molar-refractivity contribution in [3.63, 3.8) is 0 Å². The number of alkyl halides is 1. The zero-order chi connectivity index (χ0) is 8.97. The Balaban J connectivity index is 2.89. The van der Waals surface area contributed by atoms with Crippen LogP contribution in [0.2, 0.25) is 0 Å². The van der Waals surface area contributed by atoms with Gasteiger partial charge in [0.2, 0.25) is 0 Å². The van der Waals surface area contributed by atoms with E-state index in [0.29, 0.717) is 5.88 Å². The van der Waals surface area contributed by atoms with Crippen LogP contribution in [0.15, 0.2) is 24.3 Å². The molecule has 0 N–H and O–H groups in total. The molecule has 0 nitrogen and oxygen atoms in total. The largest absolute Gasteiger partial charge is 0.122 e. The van der Waals surface area contributed by atoms with E-state index in [1.54, 1.807) is 0 Å². The summed E-state index contributed by atoms with van der Waals surface area (Å²) in [7, 11) is 0. The van der Waals surface area contributed by atoms with Crippen molar-refractivity contribution in [3.8, 4) is 0 Å². The lowest BCUT2D eigenvalue weighted by Crippen LogP contribution is -1.81. The Hall–Kier alpha value is -0.750. The Bertz CT molecular complexity index is 287. The van der Waals surface area contributed by atoms with Gasteiger partial charge in [-0.05, 0) is 30.5 Å². The van der Waals surface area contributed by atoms with Crippen LogP contribution in [0, 0.1) is 13.8 Å². The number of halogens is 1. The molecule has 0 aliphatic rings. The van der Waals surface area contributed by atoms with Crippen LogP contribution in [-0.4, -0.2) is 5.88 Å². The molecule has 0 spiro atoms. The number of hydrogen-bond donors (Lipinski definition) is 0. The van der Waals surface area contributed by atoms with Crippen LogP contribution in [0.1, 0.15) is 16.7 Å². The highest BCUT2D eigenvalue weighted by Crippen LogP contribution is 2.10. The SMILES string of the molecule is Cc1ccc(C=CCCl)cc1C. The van der Waals surface area contributed by atoms with Gasteiger partial charge in [0, 0.05) is 5.88 Å². The molecule has 0 aliphatic carbocycles. The molecule has 0 unspecified atom stereocenters. The van der Waals surface area contributed by atoms with Crippen LogP contribution in [0.5, 0.6) is 0 Å². The highest BCUT2D eigenvalue weighted by Gasteiger charge is 1.91. The number of allylic oxidation sites excluding steroid dienone is 1. The van der Waals surface area contributed by atoms with E-state index in [0.717, 1.165) is 0 Å². The molecular weight excluding hydrogens is 168 g/mol. The quantitative estimate of drug-likeness (QED) is 0.611. The smallest absolute Gasteiger partial charge is 0.0407 e. The van der Waals surface area contributed by atoms with Gasteiger partial charge >= 0.3 is 0 Å². The maximum atomic E-state index is 5.54. The van der Waals surface area contributed by atoms with Crippen molar-refractivity contribution >= 4 is 17.7 Å². The average Bonchev–Trinajstić information content (AvgIpc) is 2.07. The fraction of sp³-hybridized carbons (Fsp3) is 0.273. The molecule has 0 bridgehead atoms. The Morgan fingerprint density at radius 3 is 2.58 bits per heavy atom. The monoisotopic (exact) mass is 180 g/mol. The Kier molecular flexibility index (Phi) is 3.36. The van der Waals surface area contributed by atoms with E-state index in [9.17, 15) is 0 Å². The summed E-state index contributed by atoms with van der Waals surface area (Å²) >= 11 is 5.54. The Labute approximate surface area is 78.9 Å². The van der Waals surface area contributed by atoms with E-state index in [-0.39, 0.29) is 0 Å². The van der Waals surface area contributed by atoms with Crippen LogP contribution in [0.4, 0.5) is 0 Å². The molecule has 0 radical (unpaired) electrons. The molecule has 0 saturated heterocycles. The first kappa shape index (κ1) is 9.34. The normalized spacial score (nSPS) is 10.9. The second-order valence-corrected chi connectivity index (χ2v) is 3.21. The molecule has 0 aliphatic heterocycles. The number of rotatable bonds is 2. The van der Waals surface area contributed by atoms with Gasteiger partial charge in [0.15, 0.2) is 0 Å². The summed E-state index contributed by atoms with van der Waals surface area (Å²) in [6.07, 6.45) is 3.99. The highest BCUT2D eigenvalue weighted by molar-refractivity contribution is 6.19. The molecule has 0 amide bonds. The fourth-order valence-corrected chi connectivity index (χ4v) is 1.14. The number of aryl methyl sites for hydroxylation is 2. The van der Waals surface area contributed by atoms with Crippen molar-refractivity contribution in [2.24, 2.45) is 0 Å². The van der Waals surface area contributed by atoms with Crippen molar-refractivity contribution in [3.05, 3.63) is 41.0 Å². The number of benzene rings is 1. The molecule has 1 heteroatoms. The lowest BCUT2D eigenvalue weighted by Gasteiger charge is -1.99. The molecule has 64 valence electrons. The van der Waals surface area contributed by atoms with Gasteiger partial charge in [0.1, 0.15) is 0 Å². The summed E-state index contributed by atoms with van der Waals surface area (Å²) in [4.78, 5) is 0. The second kappa shape index (κ2) is 4.32. The third kappa shape index (κ3) is 2.38. The molecule has 12 heavy (non-hydrogen) atoms. The van der Waals surface area contributed by atoms with Crippen molar-refractivity contribution in [2.45, 2.75) is 13.8 Å². The molecule has 1 rings (SSSR count). The zero-order valence-electron chi connectivity index (χ0n) is 7.47. The fourth-order valence-electron chi connectivity index (χ4n) is 1.05. The molecule has 0 atom stereocenters. The van der Waals surface area contributed by atoms with Crippen LogP contribution >= 0.6 is 11.6 Å². The molecule has 1 aromatic rings. The lowest BCUT2D eigenvalue weighted by atomic mass is 10.1. The predicted molar refractivity (Wildman–Crippen MR) is 55.7 cm³/mol.